The Morgan fingerprint density at radius 2 is 2.00 bits per heavy atom. The van der Waals surface area contributed by atoms with Crippen LogP contribution in [0.15, 0.2) is 0 Å². The standard InChI is InChI=1S/C16H31NO3/c1-16(2,3)13-4-5-15(19)12(8-13)9-17-6-7-20-11-14(17)10-18/h12-15,18-19H,4-11H2,1-3H3. The number of rotatable bonds is 3. The van der Waals surface area contributed by atoms with Crippen LogP contribution in [0.3, 0.4) is 0 Å². The molecule has 2 N–H and O–H groups in total. The summed E-state index contributed by atoms with van der Waals surface area (Å²) in [4.78, 5) is 2.31. The van der Waals surface area contributed by atoms with Gasteiger partial charge < -0.3 is 14.9 Å². The molecule has 118 valence electrons. The highest BCUT2D eigenvalue weighted by Gasteiger charge is 2.37. The summed E-state index contributed by atoms with van der Waals surface area (Å²) in [5.74, 6) is 1.02. The van der Waals surface area contributed by atoms with Crippen LogP contribution in [-0.4, -0.2) is 60.2 Å². The molecule has 0 amide bonds. The zero-order chi connectivity index (χ0) is 14.8. The van der Waals surface area contributed by atoms with Gasteiger partial charge in [-0.05, 0) is 36.5 Å². The highest BCUT2D eigenvalue weighted by atomic mass is 16.5. The van der Waals surface area contributed by atoms with E-state index in [1.165, 1.54) is 0 Å². The molecule has 1 heterocycles. The van der Waals surface area contributed by atoms with E-state index in [4.69, 9.17) is 4.74 Å². The van der Waals surface area contributed by atoms with Gasteiger partial charge in [-0.1, -0.05) is 20.8 Å². The van der Waals surface area contributed by atoms with Crippen LogP contribution >= 0.6 is 0 Å². The van der Waals surface area contributed by atoms with Crippen LogP contribution in [0, 0.1) is 17.3 Å². The van der Waals surface area contributed by atoms with Gasteiger partial charge in [0, 0.05) is 13.1 Å². The summed E-state index contributed by atoms with van der Waals surface area (Å²) in [5.41, 5.74) is 0.319. The lowest BCUT2D eigenvalue weighted by atomic mass is 9.68. The number of hydrogen-bond acceptors (Lipinski definition) is 4. The molecule has 0 spiro atoms. The van der Waals surface area contributed by atoms with Gasteiger partial charge in [0.15, 0.2) is 0 Å². The van der Waals surface area contributed by atoms with Crippen molar-refractivity contribution in [2.45, 2.75) is 52.2 Å². The Bertz CT molecular complexity index is 303. The molecule has 0 aromatic rings. The van der Waals surface area contributed by atoms with Crippen molar-refractivity contribution in [1.82, 2.24) is 4.90 Å². The molecule has 4 unspecified atom stereocenters. The second-order valence-electron chi connectivity index (χ2n) is 7.61. The van der Waals surface area contributed by atoms with Crippen LogP contribution in [0.2, 0.25) is 0 Å². The minimum Gasteiger partial charge on any atom is -0.395 e. The van der Waals surface area contributed by atoms with Crippen LogP contribution in [-0.2, 0) is 4.74 Å². The van der Waals surface area contributed by atoms with E-state index in [-0.39, 0.29) is 18.8 Å². The number of aliphatic hydroxyl groups is 2. The molecule has 1 aliphatic heterocycles. The SMILES string of the molecule is CC(C)(C)C1CCC(O)C(CN2CCOCC2CO)C1. The Morgan fingerprint density at radius 3 is 2.65 bits per heavy atom. The van der Waals surface area contributed by atoms with Crippen LogP contribution in [0.4, 0.5) is 0 Å². The second kappa shape index (κ2) is 6.73. The average molecular weight is 285 g/mol. The molecule has 4 heteroatoms. The number of aliphatic hydroxyl groups excluding tert-OH is 2. The fourth-order valence-electron chi connectivity index (χ4n) is 3.63. The predicted octanol–water partition coefficient (Wildman–Crippen LogP) is 1.50. The van der Waals surface area contributed by atoms with Crippen molar-refractivity contribution in [2.75, 3.05) is 32.9 Å². The molecule has 4 nitrogen and oxygen atoms in total. The predicted molar refractivity (Wildman–Crippen MR) is 79.6 cm³/mol. The van der Waals surface area contributed by atoms with Gasteiger partial charge in [0.2, 0.25) is 0 Å². The van der Waals surface area contributed by atoms with Crippen molar-refractivity contribution in [3.63, 3.8) is 0 Å². The largest absolute Gasteiger partial charge is 0.395 e. The normalized spacial score (nSPS) is 37.0. The van der Waals surface area contributed by atoms with Crippen molar-refractivity contribution < 1.29 is 14.9 Å². The van der Waals surface area contributed by atoms with Gasteiger partial charge in [-0.3, -0.25) is 4.90 Å². The number of nitrogens with zero attached hydrogens (tertiary/aromatic N) is 1. The topological polar surface area (TPSA) is 52.9 Å². The van der Waals surface area contributed by atoms with Crippen molar-refractivity contribution in [3.05, 3.63) is 0 Å². The molecule has 0 aromatic carbocycles. The Morgan fingerprint density at radius 1 is 1.25 bits per heavy atom. The first-order valence-corrected chi connectivity index (χ1v) is 8.02. The van der Waals surface area contributed by atoms with E-state index in [9.17, 15) is 10.2 Å². The van der Waals surface area contributed by atoms with Crippen molar-refractivity contribution in [1.29, 1.82) is 0 Å². The second-order valence-corrected chi connectivity index (χ2v) is 7.61. The maximum Gasteiger partial charge on any atom is 0.0644 e. The summed E-state index contributed by atoms with van der Waals surface area (Å²) in [7, 11) is 0. The Balaban J connectivity index is 1.95. The zero-order valence-corrected chi connectivity index (χ0v) is 13.2. The molecule has 2 aliphatic rings. The van der Waals surface area contributed by atoms with Gasteiger partial charge in [0.25, 0.3) is 0 Å². The Hall–Kier alpha value is -0.160. The summed E-state index contributed by atoms with van der Waals surface area (Å²) in [5, 5.41) is 19.8. The summed E-state index contributed by atoms with van der Waals surface area (Å²) in [6.45, 7) is 10.2. The van der Waals surface area contributed by atoms with Gasteiger partial charge in [0.1, 0.15) is 0 Å². The first kappa shape index (κ1) is 16.2. The summed E-state index contributed by atoms with van der Waals surface area (Å²) in [6, 6.07) is 0.103. The summed E-state index contributed by atoms with van der Waals surface area (Å²) in [6.07, 6.45) is 2.96. The maximum atomic E-state index is 10.3. The van der Waals surface area contributed by atoms with Crippen LogP contribution in [0.25, 0.3) is 0 Å². The van der Waals surface area contributed by atoms with Gasteiger partial charge in [-0.25, -0.2) is 0 Å². The lowest BCUT2D eigenvalue weighted by molar-refractivity contribution is -0.0573. The van der Waals surface area contributed by atoms with E-state index >= 15 is 0 Å². The summed E-state index contributed by atoms with van der Waals surface area (Å²) < 4.78 is 5.43. The highest BCUT2D eigenvalue weighted by Crippen LogP contribution is 2.40. The highest BCUT2D eigenvalue weighted by molar-refractivity contribution is 4.88. The average Bonchev–Trinajstić information content (AvgIpc) is 2.40. The molecule has 1 aliphatic carbocycles. The first-order valence-electron chi connectivity index (χ1n) is 8.02. The number of morpholine rings is 1. The van der Waals surface area contributed by atoms with Crippen LogP contribution in [0.1, 0.15) is 40.0 Å². The molecule has 2 rings (SSSR count). The number of ether oxygens (including phenoxy) is 1. The minimum absolute atomic E-state index is 0.103. The van der Waals surface area contributed by atoms with Gasteiger partial charge in [0.05, 0.1) is 32.0 Å². The lowest BCUT2D eigenvalue weighted by Gasteiger charge is -2.43. The smallest absolute Gasteiger partial charge is 0.0644 e. The molecule has 0 bridgehead atoms. The van der Waals surface area contributed by atoms with Crippen LogP contribution < -0.4 is 0 Å². The fraction of sp³-hybridized carbons (Fsp3) is 1.00. The molecule has 0 aromatic heterocycles. The van der Waals surface area contributed by atoms with Crippen molar-refractivity contribution >= 4 is 0 Å². The third kappa shape index (κ3) is 3.94. The molecular weight excluding hydrogens is 254 g/mol. The quantitative estimate of drug-likeness (QED) is 0.825. The van der Waals surface area contributed by atoms with Crippen molar-refractivity contribution in [3.8, 4) is 0 Å². The Labute approximate surface area is 123 Å². The number of hydrogen-bond donors (Lipinski definition) is 2. The van der Waals surface area contributed by atoms with E-state index < -0.39 is 0 Å². The van der Waals surface area contributed by atoms with Gasteiger partial charge >= 0.3 is 0 Å². The fourth-order valence-corrected chi connectivity index (χ4v) is 3.63. The van der Waals surface area contributed by atoms with Gasteiger partial charge in [-0.15, -0.1) is 0 Å². The molecule has 4 atom stereocenters. The van der Waals surface area contributed by atoms with Gasteiger partial charge in [-0.2, -0.15) is 0 Å². The van der Waals surface area contributed by atoms with E-state index in [0.717, 1.165) is 39.0 Å². The lowest BCUT2D eigenvalue weighted by Crippen LogP contribution is -2.51. The molecule has 2 fully saturated rings. The first-order chi connectivity index (χ1) is 9.41. The van der Waals surface area contributed by atoms with E-state index in [1.807, 2.05) is 0 Å². The minimum atomic E-state index is -0.184. The Kier molecular flexibility index (Phi) is 5.46. The summed E-state index contributed by atoms with van der Waals surface area (Å²) >= 11 is 0. The molecule has 1 saturated heterocycles. The van der Waals surface area contributed by atoms with E-state index in [2.05, 4.69) is 25.7 Å². The van der Waals surface area contributed by atoms with E-state index in [1.54, 1.807) is 0 Å². The molecule has 1 saturated carbocycles. The maximum absolute atomic E-state index is 10.3. The van der Waals surface area contributed by atoms with E-state index in [0.29, 0.717) is 23.9 Å². The van der Waals surface area contributed by atoms with Crippen LogP contribution in [0.5, 0.6) is 0 Å². The molecule has 0 radical (unpaired) electrons. The monoisotopic (exact) mass is 285 g/mol. The zero-order valence-electron chi connectivity index (χ0n) is 13.2. The third-order valence-corrected chi connectivity index (χ3v) is 5.20. The molecular formula is C16H31NO3. The molecule has 20 heavy (non-hydrogen) atoms. The van der Waals surface area contributed by atoms with Crippen molar-refractivity contribution in [2.24, 2.45) is 17.3 Å². The third-order valence-electron chi connectivity index (χ3n) is 5.20.